The quantitative estimate of drug-likeness (QED) is 0.311. The summed E-state index contributed by atoms with van der Waals surface area (Å²) in [5, 5.41) is 9.33. The number of rotatable bonds is 5. The Morgan fingerprint density at radius 3 is 2.25 bits per heavy atom. The molecule has 0 aromatic carbocycles. The first kappa shape index (κ1) is 12.7. The smallest absolute Gasteiger partial charge is 0.372 e. The molecule has 1 radical (unpaired) electrons. The molecule has 0 rings (SSSR count). The van der Waals surface area contributed by atoms with Gasteiger partial charge in [-0.2, -0.15) is 11.6 Å². The van der Waals surface area contributed by atoms with Crippen molar-refractivity contribution in [1.82, 2.24) is 0 Å². The van der Waals surface area contributed by atoms with Crippen LogP contribution in [0.2, 0.25) is 0 Å². The van der Waals surface area contributed by atoms with Gasteiger partial charge in [-0.05, 0) is 27.7 Å². The van der Waals surface area contributed by atoms with Crippen molar-refractivity contribution in [3.8, 4) is 0 Å². The average molecular weight is 207 g/mol. The highest BCUT2D eigenvalue weighted by atomic mass is 32.2. The summed E-state index contributed by atoms with van der Waals surface area (Å²) in [6.45, 7) is 8.86. The third kappa shape index (κ3) is 10.7. The van der Waals surface area contributed by atoms with E-state index in [1.165, 1.54) is 11.6 Å². The maximum atomic E-state index is 9.33. The summed E-state index contributed by atoms with van der Waals surface area (Å²) >= 11 is 5.61. The Bertz CT molecular complexity index is 112. The van der Waals surface area contributed by atoms with Gasteiger partial charge in [0.15, 0.2) is 0 Å². The molecule has 2 nitrogen and oxygen atoms in total. The summed E-state index contributed by atoms with van der Waals surface area (Å²) < 4.78 is 5.22. The zero-order valence-electron chi connectivity index (χ0n) is 8.00. The first-order chi connectivity index (χ1) is 5.21. The van der Waals surface area contributed by atoms with Crippen LogP contribution in [-0.4, -0.2) is 28.2 Å². The lowest BCUT2D eigenvalue weighted by molar-refractivity contribution is 0.107. The monoisotopic (exact) mass is 207 g/mol. The second-order valence-corrected chi connectivity index (χ2v) is 5.68. The van der Waals surface area contributed by atoms with Crippen molar-refractivity contribution in [2.45, 2.75) is 38.2 Å². The Morgan fingerprint density at radius 1 is 1.42 bits per heavy atom. The summed E-state index contributed by atoms with van der Waals surface area (Å²) in [5.41, 5.74) is -0.648. The highest BCUT2D eigenvalue weighted by Gasteiger charge is 2.15. The number of hydrogen-bond acceptors (Lipinski definition) is 4. The predicted octanol–water partition coefficient (Wildman–Crippen LogP) is 1.71. The Kier molecular flexibility index (Phi) is 5.07. The van der Waals surface area contributed by atoms with Gasteiger partial charge in [-0.25, -0.2) is 0 Å². The van der Waals surface area contributed by atoms with E-state index in [2.05, 4.69) is 12.6 Å². The topological polar surface area (TPSA) is 29.5 Å². The van der Waals surface area contributed by atoms with Gasteiger partial charge in [-0.1, -0.05) is 0 Å². The molecule has 0 atom stereocenters. The molecule has 0 saturated carbocycles. The normalized spacial score (nSPS) is 13.2. The van der Waals surface area contributed by atoms with Gasteiger partial charge in [0.05, 0.1) is 10.5 Å². The van der Waals surface area contributed by atoms with Crippen molar-refractivity contribution in [3.63, 3.8) is 0 Å². The predicted molar refractivity (Wildman–Crippen MR) is 58.7 cm³/mol. The lowest BCUT2D eigenvalue weighted by atomic mass is 10.2. The van der Waals surface area contributed by atoms with Crippen LogP contribution in [-0.2, 0) is 4.65 Å². The van der Waals surface area contributed by atoms with Crippen molar-refractivity contribution >= 4 is 31.0 Å². The van der Waals surface area contributed by atoms with Crippen LogP contribution in [0.5, 0.6) is 0 Å². The van der Waals surface area contributed by atoms with E-state index in [0.29, 0.717) is 5.75 Å². The third-order valence-corrected chi connectivity index (χ3v) is 2.05. The molecule has 0 aliphatic heterocycles. The molecule has 0 aliphatic rings. The zero-order chi connectivity index (χ0) is 9.83. The highest BCUT2D eigenvalue weighted by Crippen LogP contribution is 2.17. The molecule has 0 amide bonds. The van der Waals surface area contributed by atoms with E-state index in [1.54, 1.807) is 20.6 Å². The van der Waals surface area contributed by atoms with Gasteiger partial charge in [0.2, 0.25) is 0 Å². The van der Waals surface area contributed by atoms with Crippen LogP contribution in [0.15, 0.2) is 0 Å². The fourth-order valence-electron chi connectivity index (χ4n) is 0.390. The second kappa shape index (κ2) is 4.79. The molecule has 0 spiro atoms. The Labute approximate surface area is 85.0 Å². The standard InChI is InChI=1S/C7H16BO2S2/c1-6(2,9)5-12-8-10-7(3,4)11/h9,11H,5H2,1-4H3. The molecule has 0 bridgehead atoms. The lowest BCUT2D eigenvalue weighted by Crippen LogP contribution is -2.24. The van der Waals surface area contributed by atoms with Gasteiger partial charge in [0.25, 0.3) is 0 Å². The van der Waals surface area contributed by atoms with Crippen molar-refractivity contribution in [3.05, 3.63) is 0 Å². The first-order valence-corrected chi connectivity index (χ1v) is 5.26. The molecule has 0 heterocycles. The molecular formula is C7H16BO2S2. The van der Waals surface area contributed by atoms with E-state index in [4.69, 9.17) is 4.65 Å². The number of hydrogen-bond donors (Lipinski definition) is 2. The zero-order valence-corrected chi connectivity index (χ0v) is 9.71. The van der Waals surface area contributed by atoms with Crippen molar-refractivity contribution < 1.29 is 9.76 Å². The number of thiol groups is 1. The maximum absolute atomic E-state index is 9.33. The van der Waals surface area contributed by atoms with Gasteiger partial charge in [0, 0.05) is 5.75 Å². The molecule has 71 valence electrons. The molecule has 1 N–H and O–H groups in total. The third-order valence-electron chi connectivity index (χ3n) is 0.841. The summed E-state index contributed by atoms with van der Waals surface area (Å²) in [6.07, 6.45) is 0. The molecule has 0 unspecified atom stereocenters. The van der Waals surface area contributed by atoms with Crippen molar-refractivity contribution in [1.29, 1.82) is 0 Å². The minimum atomic E-state index is -0.648. The minimum absolute atomic E-state index is 0.438. The van der Waals surface area contributed by atoms with Crippen LogP contribution in [0, 0.1) is 0 Å². The van der Waals surface area contributed by atoms with Crippen molar-refractivity contribution in [2.75, 3.05) is 5.75 Å². The average Bonchev–Trinajstić information content (AvgIpc) is 1.76. The Morgan fingerprint density at radius 2 is 1.92 bits per heavy atom. The largest absolute Gasteiger partial charge is 0.415 e. The van der Waals surface area contributed by atoms with Crippen LogP contribution in [0.3, 0.4) is 0 Å². The lowest BCUT2D eigenvalue weighted by Gasteiger charge is -2.20. The van der Waals surface area contributed by atoms with Crippen LogP contribution in [0.1, 0.15) is 27.7 Å². The van der Waals surface area contributed by atoms with E-state index in [-0.39, 0.29) is 0 Å². The summed E-state index contributed by atoms with van der Waals surface area (Å²) in [7, 11) is 0. The van der Waals surface area contributed by atoms with E-state index in [1.807, 2.05) is 13.8 Å². The van der Waals surface area contributed by atoms with E-state index in [0.717, 1.165) is 0 Å². The van der Waals surface area contributed by atoms with Gasteiger partial charge in [-0.15, -0.1) is 12.6 Å². The Balaban J connectivity index is 3.35. The molecule has 0 aliphatic carbocycles. The summed E-state index contributed by atoms with van der Waals surface area (Å²) in [5.74, 6) is 0.622. The fraction of sp³-hybridized carbons (Fsp3) is 1.00. The van der Waals surface area contributed by atoms with Crippen LogP contribution >= 0.6 is 24.2 Å². The van der Waals surface area contributed by atoms with Gasteiger partial charge < -0.3 is 9.76 Å². The second-order valence-electron chi connectivity index (χ2n) is 3.78. The van der Waals surface area contributed by atoms with Gasteiger partial charge in [-0.3, -0.25) is 0 Å². The summed E-state index contributed by atoms with van der Waals surface area (Å²) in [4.78, 5) is -0.438. The number of aliphatic hydroxyl groups is 1. The van der Waals surface area contributed by atoms with E-state index < -0.39 is 10.5 Å². The first-order valence-electron chi connectivity index (χ1n) is 3.76. The van der Waals surface area contributed by atoms with Gasteiger partial charge in [0.1, 0.15) is 0 Å². The molecule has 0 saturated heterocycles. The molecular weight excluding hydrogens is 191 g/mol. The van der Waals surface area contributed by atoms with E-state index >= 15 is 0 Å². The summed E-state index contributed by atoms with van der Waals surface area (Å²) in [6, 6.07) is 0. The Hall–Kier alpha value is 0.685. The van der Waals surface area contributed by atoms with Crippen LogP contribution in [0.4, 0.5) is 0 Å². The molecule has 5 heteroatoms. The molecule has 0 fully saturated rings. The maximum Gasteiger partial charge on any atom is 0.372 e. The SMILES string of the molecule is CC(C)(O)CS[B]OC(C)(C)S. The van der Waals surface area contributed by atoms with Crippen LogP contribution in [0.25, 0.3) is 0 Å². The van der Waals surface area contributed by atoms with E-state index in [9.17, 15) is 5.11 Å². The highest BCUT2D eigenvalue weighted by molar-refractivity contribution is 8.21. The molecule has 0 aromatic heterocycles. The van der Waals surface area contributed by atoms with Crippen molar-refractivity contribution in [2.24, 2.45) is 0 Å². The molecule has 12 heavy (non-hydrogen) atoms. The van der Waals surface area contributed by atoms with Gasteiger partial charge >= 0.3 is 6.76 Å². The fourth-order valence-corrected chi connectivity index (χ4v) is 1.30. The molecule has 0 aromatic rings. The minimum Gasteiger partial charge on any atom is -0.415 e. The van der Waals surface area contributed by atoms with Crippen LogP contribution < -0.4 is 0 Å².